The largest absolute Gasteiger partial charge is 0.350 e. The highest BCUT2D eigenvalue weighted by molar-refractivity contribution is 8.15. The molecule has 1 atom stereocenters. The van der Waals surface area contributed by atoms with Crippen molar-refractivity contribution >= 4 is 28.8 Å². The summed E-state index contributed by atoms with van der Waals surface area (Å²) in [7, 11) is 0. The van der Waals surface area contributed by atoms with Gasteiger partial charge in [-0.25, -0.2) is 4.98 Å². The summed E-state index contributed by atoms with van der Waals surface area (Å²) in [5.74, 6) is -0.482. The Morgan fingerprint density at radius 1 is 1.16 bits per heavy atom. The average Bonchev–Trinajstić information content (AvgIpc) is 2.94. The molecule has 1 aromatic carbocycles. The third kappa shape index (κ3) is 4.63. The van der Waals surface area contributed by atoms with Crippen molar-refractivity contribution in [3.8, 4) is 0 Å². The van der Waals surface area contributed by atoms with Crippen LogP contribution in [0.5, 0.6) is 0 Å². The number of rotatable bonds is 6. The molecule has 3 amide bonds. The van der Waals surface area contributed by atoms with Crippen molar-refractivity contribution in [1.82, 2.24) is 20.6 Å². The van der Waals surface area contributed by atoms with Gasteiger partial charge in [0, 0.05) is 18.9 Å². The van der Waals surface area contributed by atoms with E-state index in [0.29, 0.717) is 25.1 Å². The minimum absolute atomic E-state index is 0.231. The van der Waals surface area contributed by atoms with Gasteiger partial charge < -0.3 is 5.32 Å². The Kier molecular flexibility index (Phi) is 5.39. The smallest absolute Gasteiger partial charge is 0.286 e. The SMILES string of the molecule is O=C1NC(=O)[C@@H](Cc2ccc(CCNC(=O)c3cnccn3)cc2)S1. The fourth-order valence-electron chi connectivity index (χ4n) is 2.41. The van der Waals surface area contributed by atoms with Crippen LogP contribution in [-0.4, -0.2) is 38.8 Å². The van der Waals surface area contributed by atoms with E-state index in [4.69, 9.17) is 0 Å². The number of carbonyl (C=O) groups is 3. The number of benzene rings is 1. The summed E-state index contributed by atoms with van der Waals surface area (Å²) in [6.45, 7) is 0.490. The summed E-state index contributed by atoms with van der Waals surface area (Å²) in [4.78, 5) is 42.4. The van der Waals surface area contributed by atoms with Gasteiger partial charge in [-0.05, 0) is 24.0 Å². The number of hydrogen-bond acceptors (Lipinski definition) is 6. The summed E-state index contributed by atoms with van der Waals surface area (Å²) in [6, 6.07) is 7.80. The number of carbonyl (C=O) groups excluding carboxylic acids is 3. The van der Waals surface area contributed by atoms with Crippen LogP contribution in [0, 0.1) is 0 Å². The minimum atomic E-state index is -0.357. The molecule has 0 unspecified atom stereocenters. The van der Waals surface area contributed by atoms with Crippen LogP contribution in [0.2, 0.25) is 0 Å². The first-order valence-corrected chi connectivity index (χ1v) is 8.63. The van der Waals surface area contributed by atoms with E-state index in [1.54, 1.807) is 0 Å². The van der Waals surface area contributed by atoms with Crippen molar-refractivity contribution in [3.63, 3.8) is 0 Å². The van der Waals surface area contributed by atoms with Gasteiger partial charge in [-0.15, -0.1) is 0 Å². The topological polar surface area (TPSA) is 101 Å². The lowest BCUT2D eigenvalue weighted by Gasteiger charge is -2.07. The number of nitrogens with zero attached hydrogens (tertiary/aromatic N) is 2. The van der Waals surface area contributed by atoms with Crippen molar-refractivity contribution < 1.29 is 14.4 Å². The van der Waals surface area contributed by atoms with Gasteiger partial charge in [-0.1, -0.05) is 36.0 Å². The maximum absolute atomic E-state index is 11.9. The van der Waals surface area contributed by atoms with E-state index < -0.39 is 0 Å². The van der Waals surface area contributed by atoms with E-state index in [-0.39, 0.29) is 22.3 Å². The van der Waals surface area contributed by atoms with E-state index in [1.165, 1.54) is 18.6 Å². The molecule has 25 heavy (non-hydrogen) atoms. The predicted octanol–water partition coefficient (Wildman–Crippen LogP) is 1.34. The standard InChI is InChI=1S/C17H16N4O3S/c22-15(13-10-18-7-8-19-13)20-6-5-11-1-3-12(4-2-11)9-14-16(23)21-17(24)25-14/h1-4,7-8,10,14H,5-6,9H2,(H,20,22)(H,21,23,24)/t14-/m1/s1. The summed E-state index contributed by atoms with van der Waals surface area (Å²) >= 11 is 1.03. The van der Waals surface area contributed by atoms with Crippen molar-refractivity contribution in [2.75, 3.05) is 6.54 Å². The third-order valence-corrected chi connectivity index (χ3v) is 4.69. The van der Waals surface area contributed by atoms with E-state index in [1.807, 2.05) is 24.3 Å². The van der Waals surface area contributed by atoms with E-state index >= 15 is 0 Å². The van der Waals surface area contributed by atoms with Gasteiger partial charge in [-0.3, -0.25) is 24.7 Å². The van der Waals surface area contributed by atoms with Gasteiger partial charge in [0.2, 0.25) is 5.91 Å². The molecule has 0 spiro atoms. The predicted molar refractivity (Wildman–Crippen MR) is 93.1 cm³/mol. The Hall–Kier alpha value is -2.74. The highest BCUT2D eigenvalue weighted by Crippen LogP contribution is 2.23. The lowest BCUT2D eigenvalue weighted by molar-refractivity contribution is -0.118. The molecule has 1 aliphatic heterocycles. The molecule has 0 aliphatic carbocycles. The second-order valence-electron chi connectivity index (χ2n) is 5.50. The molecule has 1 fully saturated rings. The molecule has 3 rings (SSSR count). The molecule has 2 aromatic rings. The summed E-state index contributed by atoms with van der Waals surface area (Å²) in [6.07, 6.45) is 5.62. The van der Waals surface area contributed by atoms with Gasteiger partial charge in [0.1, 0.15) is 5.69 Å². The zero-order valence-electron chi connectivity index (χ0n) is 13.3. The molecule has 8 heteroatoms. The molecule has 128 valence electrons. The minimum Gasteiger partial charge on any atom is -0.350 e. The second kappa shape index (κ2) is 7.89. The van der Waals surface area contributed by atoms with Gasteiger partial charge in [0.05, 0.1) is 11.4 Å². The van der Waals surface area contributed by atoms with Crippen LogP contribution in [0.4, 0.5) is 4.79 Å². The molecule has 1 aromatic heterocycles. The quantitative estimate of drug-likeness (QED) is 0.810. The first kappa shape index (κ1) is 17.1. The fourth-order valence-corrected chi connectivity index (χ4v) is 3.27. The summed E-state index contributed by atoms with van der Waals surface area (Å²) in [5.41, 5.74) is 2.36. The zero-order chi connectivity index (χ0) is 17.6. The number of amides is 3. The molecule has 1 aliphatic rings. The molecular formula is C17H16N4O3S. The van der Waals surface area contributed by atoms with Gasteiger partial charge >= 0.3 is 0 Å². The Balaban J connectivity index is 1.47. The molecule has 2 heterocycles. The highest BCUT2D eigenvalue weighted by Gasteiger charge is 2.31. The first-order valence-electron chi connectivity index (χ1n) is 7.75. The number of thioether (sulfide) groups is 1. The maximum Gasteiger partial charge on any atom is 0.286 e. The first-order chi connectivity index (χ1) is 12.1. The monoisotopic (exact) mass is 356 g/mol. The van der Waals surface area contributed by atoms with Crippen molar-refractivity contribution in [3.05, 3.63) is 59.7 Å². The highest BCUT2D eigenvalue weighted by atomic mass is 32.2. The van der Waals surface area contributed by atoms with Crippen LogP contribution in [0.1, 0.15) is 21.6 Å². The molecule has 1 saturated heterocycles. The Morgan fingerprint density at radius 3 is 2.56 bits per heavy atom. The summed E-state index contributed by atoms with van der Waals surface area (Å²) in [5, 5.41) is 4.44. The Morgan fingerprint density at radius 2 is 1.92 bits per heavy atom. The van der Waals surface area contributed by atoms with Crippen LogP contribution < -0.4 is 10.6 Å². The van der Waals surface area contributed by atoms with E-state index in [0.717, 1.165) is 22.9 Å². The number of hydrogen-bond donors (Lipinski definition) is 2. The Labute approximate surface area is 148 Å². The molecule has 7 nitrogen and oxygen atoms in total. The molecule has 0 saturated carbocycles. The maximum atomic E-state index is 11.9. The third-order valence-electron chi connectivity index (χ3n) is 3.71. The number of aromatic nitrogens is 2. The number of nitrogens with one attached hydrogen (secondary N) is 2. The normalized spacial score (nSPS) is 16.6. The van der Waals surface area contributed by atoms with Gasteiger partial charge in [0.15, 0.2) is 0 Å². The van der Waals surface area contributed by atoms with Crippen LogP contribution in [0.25, 0.3) is 0 Å². The molecule has 2 N–H and O–H groups in total. The van der Waals surface area contributed by atoms with Crippen LogP contribution >= 0.6 is 11.8 Å². The lowest BCUT2D eigenvalue weighted by Crippen LogP contribution is -2.26. The molecular weight excluding hydrogens is 340 g/mol. The van der Waals surface area contributed by atoms with Crippen LogP contribution in [-0.2, 0) is 17.6 Å². The molecule has 0 bridgehead atoms. The van der Waals surface area contributed by atoms with Crippen LogP contribution in [0.15, 0.2) is 42.9 Å². The van der Waals surface area contributed by atoms with Crippen molar-refractivity contribution in [1.29, 1.82) is 0 Å². The zero-order valence-corrected chi connectivity index (χ0v) is 14.1. The lowest BCUT2D eigenvalue weighted by atomic mass is 10.1. The van der Waals surface area contributed by atoms with Crippen molar-refractivity contribution in [2.45, 2.75) is 18.1 Å². The summed E-state index contributed by atoms with van der Waals surface area (Å²) < 4.78 is 0. The average molecular weight is 356 g/mol. The van der Waals surface area contributed by atoms with Gasteiger partial charge in [-0.2, -0.15) is 0 Å². The Bertz CT molecular complexity index is 780. The number of imide groups is 1. The van der Waals surface area contributed by atoms with Crippen LogP contribution in [0.3, 0.4) is 0 Å². The van der Waals surface area contributed by atoms with E-state index in [2.05, 4.69) is 20.6 Å². The second-order valence-corrected chi connectivity index (χ2v) is 6.68. The fraction of sp³-hybridized carbons (Fsp3) is 0.235. The van der Waals surface area contributed by atoms with Crippen molar-refractivity contribution in [2.24, 2.45) is 0 Å². The molecule has 0 radical (unpaired) electrons. The van der Waals surface area contributed by atoms with E-state index in [9.17, 15) is 14.4 Å². The van der Waals surface area contributed by atoms with Gasteiger partial charge in [0.25, 0.3) is 11.1 Å².